The molecule has 0 aliphatic rings. The van der Waals surface area contributed by atoms with Crippen LogP contribution in [0.2, 0.25) is 0 Å². The summed E-state index contributed by atoms with van der Waals surface area (Å²) in [5, 5.41) is 21.6. The van der Waals surface area contributed by atoms with Crippen LogP contribution in [0.3, 0.4) is 0 Å². The predicted octanol–water partition coefficient (Wildman–Crippen LogP) is 0.477. The van der Waals surface area contributed by atoms with Gasteiger partial charge in [0.2, 0.25) is 0 Å². The summed E-state index contributed by atoms with van der Waals surface area (Å²) >= 11 is 0. The van der Waals surface area contributed by atoms with Gasteiger partial charge in [0.1, 0.15) is 5.60 Å². The molecule has 0 spiro atoms. The zero-order valence-corrected chi connectivity index (χ0v) is 11.4. The zero-order chi connectivity index (χ0) is 14.6. The van der Waals surface area contributed by atoms with Crippen molar-refractivity contribution in [3.8, 4) is 5.82 Å². The lowest BCUT2D eigenvalue weighted by Crippen LogP contribution is -2.32. The van der Waals surface area contributed by atoms with Crippen LogP contribution in [0, 0.1) is 0 Å². The van der Waals surface area contributed by atoms with Crippen LogP contribution >= 0.6 is 0 Å². The van der Waals surface area contributed by atoms with Gasteiger partial charge < -0.3 is 10.1 Å². The van der Waals surface area contributed by atoms with Gasteiger partial charge in [0, 0.05) is 0 Å². The van der Waals surface area contributed by atoms with E-state index >= 15 is 0 Å². The maximum absolute atomic E-state index is 11.5. The largest absolute Gasteiger partial charge is 0.444 e. The molecule has 0 radical (unpaired) electrons. The van der Waals surface area contributed by atoms with Gasteiger partial charge in [0.05, 0.1) is 12.2 Å². The van der Waals surface area contributed by atoms with E-state index in [9.17, 15) is 4.79 Å². The van der Waals surface area contributed by atoms with Gasteiger partial charge in [-0.15, -0.1) is 20.1 Å². The third kappa shape index (κ3) is 3.97. The van der Waals surface area contributed by atoms with Gasteiger partial charge in [-0.1, -0.05) is 0 Å². The van der Waals surface area contributed by atoms with Crippen molar-refractivity contribution in [3.05, 3.63) is 24.2 Å². The molecule has 0 bridgehead atoms. The van der Waals surface area contributed by atoms with Crippen molar-refractivity contribution >= 4 is 6.09 Å². The van der Waals surface area contributed by atoms with Crippen LogP contribution in [0.25, 0.3) is 5.82 Å². The summed E-state index contributed by atoms with van der Waals surface area (Å²) in [5.41, 5.74) is 0.0676. The molecule has 2 heterocycles. The van der Waals surface area contributed by atoms with Gasteiger partial charge >= 0.3 is 6.09 Å². The SMILES string of the molecule is CC(C)(C)OC(=O)NCc1ccc(-n2ncnn2)nn1. The van der Waals surface area contributed by atoms with E-state index in [1.807, 2.05) is 0 Å². The number of hydrogen-bond donors (Lipinski definition) is 1. The number of nitrogens with zero attached hydrogens (tertiary/aromatic N) is 6. The van der Waals surface area contributed by atoms with Crippen LogP contribution in [0.15, 0.2) is 18.5 Å². The summed E-state index contributed by atoms with van der Waals surface area (Å²) in [7, 11) is 0. The molecule has 2 rings (SSSR count). The van der Waals surface area contributed by atoms with Crippen molar-refractivity contribution in [1.82, 2.24) is 35.7 Å². The third-order valence-corrected chi connectivity index (χ3v) is 2.07. The summed E-state index contributed by atoms with van der Waals surface area (Å²) < 4.78 is 5.11. The van der Waals surface area contributed by atoms with Crippen molar-refractivity contribution in [2.24, 2.45) is 0 Å². The second kappa shape index (κ2) is 5.59. The number of rotatable bonds is 3. The number of ether oxygens (including phenoxy) is 1. The first kappa shape index (κ1) is 13.8. The van der Waals surface area contributed by atoms with E-state index in [4.69, 9.17) is 4.74 Å². The molecule has 106 valence electrons. The molecule has 1 N–H and O–H groups in total. The zero-order valence-electron chi connectivity index (χ0n) is 11.4. The Morgan fingerprint density at radius 2 is 2.15 bits per heavy atom. The van der Waals surface area contributed by atoms with Gasteiger partial charge in [-0.05, 0) is 38.1 Å². The third-order valence-electron chi connectivity index (χ3n) is 2.07. The molecule has 0 aliphatic heterocycles. The maximum Gasteiger partial charge on any atom is 0.407 e. The quantitative estimate of drug-likeness (QED) is 0.869. The van der Waals surface area contributed by atoms with Crippen molar-refractivity contribution in [2.45, 2.75) is 32.9 Å². The average molecular weight is 277 g/mol. The number of carbonyl (C=O) groups excluding carboxylic acids is 1. The molecule has 9 heteroatoms. The highest BCUT2D eigenvalue weighted by Crippen LogP contribution is 2.06. The molecule has 0 aliphatic carbocycles. The van der Waals surface area contributed by atoms with E-state index in [0.717, 1.165) is 0 Å². The molecular weight excluding hydrogens is 262 g/mol. The second-order valence-corrected chi connectivity index (χ2v) is 4.96. The summed E-state index contributed by atoms with van der Waals surface area (Å²) in [4.78, 5) is 12.7. The Bertz CT molecular complexity index is 559. The molecule has 0 fully saturated rings. The number of tetrazole rings is 1. The minimum Gasteiger partial charge on any atom is -0.444 e. The summed E-state index contributed by atoms with van der Waals surface area (Å²) in [5.74, 6) is 0.448. The molecule has 9 nitrogen and oxygen atoms in total. The Kier molecular flexibility index (Phi) is 3.87. The minimum atomic E-state index is -0.529. The first-order valence-electron chi connectivity index (χ1n) is 5.97. The second-order valence-electron chi connectivity index (χ2n) is 4.96. The van der Waals surface area contributed by atoms with Gasteiger partial charge in [-0.25, -0.2) is 4.79 Å². The summed E-state index contributed by atoms with van der Waals surface area (Å²) in [6.07, 6.45) is 0.806. The van der Waals surface area contributed by atoms with E-state index in [0.29, 0.717) is 11.5 Å². The molecule has 0 saturated heterocycles. The topological polar surface area (TPSA) is 108 Å². The number of hydrogen-bond acceptors (Lipinski definition) is 7. The standard InChI is InChI=1S/C11H15N7O2/c1-11(2,3)20-10(19)12-6-8-4-5-9(16-15-8)18-14-7-13-17-18/h4-5,7H,6H2,1-3H3,(H,12,19). The summed E-state index contributed by atoms with van der Waals surface area (Å²) in [6, 6.07) is 3.39. The highest BCUT2D eigenvalue weighted by atomic mass is 16.6. The smallest absolute Gasteiger partial charge is 0.407 e. The van der Waals surface area contributed by atoms with Gasteiger partial charge in [-0.3, -0.25) is 0 Å². The van der Waals surface area contributed by atoms with Crippen molar-refractivity contribution in [2.75, 3.05) is 0 Å². The van der Waals surface area contributed by atoms with E-state index in [1.165, 1.54) is 11.1 Å². The summed E-state index contributed by atoms with van der Waals surface area (Å²) in [6.45, 7) is 5.62. The van der Waals surface area contributed by atoms with E-state index in [-0.39, 0.29) is 6.54 Å². The Labute approximate surface area is 115 Å². The lowest BCUT2D eigenvalue weighted by atomic mass is 10.2. The van der Waals surface area contributed by atoms with E-state index < -0.39 is 11.7 Å². The fourth-order valence-electron chi connectivity index (χ4n) is 1.30. The number of alkyl carbamates (subject to hydrolysis) is 1. The molecule has 0 unspecified atom stereocenters. The van der Waals surface area contributed by atoms with Crippen LogP contribution in [0.1, 0.15) is 26.5 Å². The Balaban J connectivity index is 1.90. The van der Waals surface area contributed by atoms with Gasteiger partial charge in [-0.2, -0.15) is 5.10 Å². The molecule has 2 aromatic heterocycles. The molecule has 20 heavy (non-hydrogen) atoms. The number of amides is 1. The van der Waals surface area contributed by atoms with Crippen LogP contribution < -0.4 is 5.32 Å². The lowest BCUT2D eigenvalue weighted by molar-refractivity contribution is 0.0523. The first-order valence-corrected chi connectivity index (χ1v) is 5.97. The fraction of sp³-hybridized carbons (Fsp3) is 0.455. The van der Waals surface area contributed by atoms with E-state index in [2.05, 4.69) is 30.9 Å². The first-order chi connectivity index (χ1) is 9.44. The minimum absolute atomic E-state index is 0.229. The molecule has 2 aromatic rings. The van der Waals surface area contributed by atoms with Crippen LogP contribution in [-0.4, -0.2) is 42.1 Å². The number of nitrogens with one attached hydrogen (secondary N) is 1. The molecule has 0 aromatic carbocycles. The van der Waals surface area contributed by atoms with Crippen LogP contribution in [-0.2, 0) is 11.3 Å². The highest BCUT2D eigenvalue weighted by molar-refractivity contribution is 5.67. The molecular formula is C11H15N7O2. The van der Waals surface area contributed by atoms with Crippen LogP contribution in [0.5, 0.6) is 0 Å². The van der Waals surface area contributed by atoms with Crippen LogP contribution in [0.4, 0.5) is 4.79 Å². The number of carbonyl (C=O) groups is 1. The normalized spacial score (nSPS) is 11.2. The van der Waals surface area contributed by atoms with Crippen molar-refractivity contribution in [1.29, 1.82) is 0 Å². The lowest BCUT2D eigenvalue weighted by Gasteiger charge is -2.19. The van der Waals surface area contributed by atoms with Crippen molar-refractivity contribution in [3.63, 3.8) is 0 Å². The Morgan fingerprint density at radius 3 is 2.70 bits per heavy atom. The van der Waals surface area contributed by atoms with Gasteiger partial charge in [0.15, 0.2) is 12.1 Å². The Morgan fingerprint density at radius 1 is 1.35 bits per heavy atom. The maximum atomic E-state index is 11.5. The van der Waals surface area contributed by atoms with Crippen molar-refractivity contribution < 1.29 is 9.53 Å². The fourth-order valence-corrected chi connectivity index (χ4v) is 1.30. The molecule has 1 amide bonds. The molecule has 0 atom stereocenters. The molecule has 0 saturated carbocycles. The average Bonchev–Trinajstić information content (AvgIpc) is 2.89. The monoisotopic (exact) mass is 277 g/mol. The van der Waals surface area contributed by atoms with E-state index in [1.54, 1.807) is 32.9 Å². The van der Waals surface area contributed by atoms with Gasteiger partial charge in [0.25, 0.3) is 0 Å². The Hall–Kier alpha value is -2.58. The number of aromatic nitrogens is 6. The predicted molar refractivity (Wildman–Crippen MR) is 67.8 cm³/mol. The highest BCUT2D eigenvalue weighted by Gasteiger charge is 2.15.